The zero-order valence-electron chi connectivity index (χ0n) is 16.9. The minimum Gasteiger partial charge on any atom is -0.492 e. The Morgan fingerprint density at radius 3 is 2.59 bits per heavy atom. The number of rotatable bonds is 8. The average molecular weight is 400 g/mol. The molecule has 156 valence electrons. The van der Waals surface area contributed by atoms with Crippen LogP contribution in [0.15, 0.2) is 54.6 Å². The maximum atomic E-state index is 15.0. The van der Waals surface area contributed by atoms with Crippen LogP contribution in [0.25, 0.3) is 0 Å². The highest BCUT2D eigenvalue weighted by Crippen LogP contribution is 2.28. The molecule has 1 fully saturated rings. The van der Waals surface area contributed by atoms with Gasteiger partial charge in [0.2, 0.25) is 0 Å². The zero-order valence-corrected chi connectivity index (χ0v) is 16.9. The summed E-state index contributed by atoms with van der Waals surface area (Å²) in [4.78, 5) is 13.5. The lowest BCUT2D eigenvalue weighted by Crippen LogP contribution is -2.56. The van der Waals surface area contributed by atoms with Crippen LogP contribution in [-0.2, 0) is 6.54 Å². The maximum Gasteiger partial charge on any atom is 0.339 e. The van der Waals surface area contributed by atoms with E-state index < -0.39 is 12.1 Å². The van der Waals surface area contributed by atoms with E-state index in [1.54, 1.807) is 18.2 Å². The van der Waals surface area contributed by atoms with Crippen LogP contribution in [0.3, 0.4) is 0 Å². The fourth-order valence-electron chi connectivity index (χ4n) is 3.77. The average Bonchev–Trinajstić information content (AvgIpc) is 2.69. The number of para-hydroxylation sites is 1. The Morgan fingerprint density at radius 2 is 1.90 bits per heavy atom. The molecule has 1 heterocycles. The van der Waals surface area contributed by atoms with E-state index in [1.165, 1.54) is 6.07 Å². The van der Waals surface area contributed by atoms with E-state index in [0.717, 1.165) is 5.56 Å². The summed E-state index contributed by atoms with van der Waals surface area (Å²) in [5.41, 5.74) is 1.25. The molecule has 6 heteroatoms. The maximum absolute atomic E-state index is 15.0. The number of halogens is 1. The van der Waals surface area contributed by atoms with Crippen LogP contribution in [0.4, 0.5) is 4.39 Å². The molecule has 2 aromatic rings. The summed E-state index contributed by atoms with van der Waals surface area (Å²) < 4.78 is 20.8. The number of hydrogen-bond donors (Lipinski definition) is 2. The smallest absolute Gasteiger partial charge is 0.339 e. The Kier molecular flexibility index (Phi) is 7.23. The Labute approximate surface area is 171 Å². The van der Waals surface area contributed by atoms with Crippen molar-refractivity contribution in [3.63, 3.8) is 0 Å². The molecule has 0 aromatic heterocycles. The fourth-order valence-corrected chi connectivity index (χ4v) is 3.77. The number of nitrogens with zero attached hydrogens (tertiary/aromatic N) is 1. The summed E-state index contributed by atoms with van der Waals surface area (Å²) >= 11 is 0. The molecule has 0 spiro atoms. The number of carbonyl (C=O) groups is 1. The molecule has 3 atom stereocenters. The molecule has 0 amide bonds. The third-order valence-corrected chi connectivity index (χ3v) is 5.21. The molecule has 1 aliphatic rings. The molecular formula is C23H29FN2O3. The van der Waals surface area contributed by atoms with E-state index in [-0.39, 0.29) is 36.0 Å². The van der Waals surface area contributed by atoms with Crippen LogP contribution in [0, 0.1) is 5.92 Å². The predicted octanol–water partition coefficient (Wildman–Crippen LogP) is 3.95. The van der Waals surface area contributed by atoms with Crippen molar-refractivity contribution in [3.05, 3.63) is 65.7 Å². The molecule has 2 aromatic carbocycles. The normalized spacial score (nSPS) is 22.6. The first-order valence-electron chi connectivity index (χ1n) is 10.1. The lowest BCUT2D eigenvalue weighted by atomic mass is 9.92. The Bertz CT molecular complexity index is 800. The van der Waals surface area contributed by atoms with E-state index >= 15 is 4.39 Å². The quantitative estimate of drug-likeness (QED) is 0.703. The van der Waals surface area contributed by atoms with Gasteiger partial charge in [-0.15, -0.1) is 0 Å². The van der Waals surface area contributed by atoms with Crippen molar-refractivity contribution in [1.29, 1.82) is 0 Å². The van der Waals surface area contributed by atoms with Crippen LogP contribution in [-0.4, -0.2) is 47.5 Å². The molecule has 2 N–H and O–H groups in total. The van der Waals surface area contributed by atoms with Crippen molar-refractivity contribution >= 4 is 5.97 Å². The molecule has 0 aliphatic carbocycles. The topological polar surface area (TPSA) is 61.8 Å². The van der Waals surface area contributed by atoms with Gasteiger partial charge in [-0.2, -0.15) is 0 Å². The summed E-state index contributed by atoms with van der Waals surface area (Å²) in [6.45, 7) is 5.31. The van der Waals surface area contributed by atoms with Gasteiger partial charge in [0, 0.05) is 25.0 Å². The fraction of sp³-hybridized carbons (Fsp3) is 0.435. The lowest BCUT2D eigenvalue weighted by Gasteiger charge is -2.42. The number of aromatic carboxylic acids is 1. The summed E-state index contributed by atoms with van der Waals surface area (Å²) in [5.74, 6) is -1.07. The summed E-state index contributed by atoms with van der Waals surface area (Å²) in [7, 11) is 0. The van der Waals surface area contributed by atoms with Crippen LogP contribution < -0.4 is 10.1 Å². The Balaban J connectivity index is 1.68. The predicted molar refractivity (Wildman–Crippen MR) is 111 cm³/mol. The van der Waals surface area contributed by atoms with E-state index in [1.807, 2.05) is 18.2 Å². The second kappa shape index (κ2) is 9.85. The molecule has 3 rings (SSSR count). The summed E-state index contributed by atoms with van der Waals surface area (Å²) in [6.07, 6.45) is -0.409. The number of hydrogen-bond acceptors (Lipinski definition) is 4. The van der Waals surface area contributed by atoms with E-state index in [9.17, 15) is 9.90 Å². The second-order valence-corrected chi connectivity index (χ2v) is 7.88. The van der Waals surface area contributed by atoms with Crippen molar-refractivity contribution in [1.82, 2.24) is 10.2 Å². The number of piperidine rings is 1. The van der Waals surface area contributed by atoms with Gasteiger partial charge in [-0.3, -0.25) is 10.2 Å². The first-order valence-corrected chi connectivity index (χ1v) is 10.1. The monoisotopic (exact) mass is 400 g/mol. The minimum atomic E-state index is -1.05. The number of ether oxygens (including phenoxy) is 1. The van der Waals surface area contributed by atoms with Crippen LogP contribution in [0.5, 0.6) is 5.75 Å². The van der Waals surface area contributed by atoms with Crippen molar-refractivity contribution in [3.8, 4) is 5.75 Å². The molecule has 0 bridgehead atoms. The number of benzene rings is 2. The van der Waals surface area contributed by atoms with E-state index in [4.69, 9.17) is 4.74 Å². The van der Waals surface area contributed by atoms with Gasteiger partial charge >= 0.3 is 5.97 Å². The SMILES string of the molecule is CC(C)NC1CC(COc2ccccc2C(=O)O)C(F)CN1Cc1ccccc1. The van der Waals surface area contributed by atoms with E-state index in [2.05, 4.69) is 36.2 Å². The highest BCUT2D eigenvalue weighted by molar-refractivity contribution is 5.90. The molecule has 5 nitrogen and oxygen atoms in total. The first-order chi connectivity index (χ1) is 13.9. The van der Waals surface area contributed by atoms with Gasteiger partial charge in [0.1, 0.15) is 17.5 Å². The number of carboxylic acid groups (broad SMARTS) is 1. The second-order valence-electron chi connectivity index (χ2n) is 7.88. The van der Waals surface area contributed by atoms with E-state index in [0.29, 0.717) is 19.5 Å². The van der Waals surface area contributed by atoms with Gasteiger partial charge in [0.05, 0.1) is 12.8 Å². The van der Waals surface area contributed by atoms with Gasteiger partial charge in [-0.1, -0.05) is 42.5 Å². The highest BCUT2D eigenvalue weighted by atomic mass is 19.1. The molecule has 1 saturated heterocycles. The van der Waals surface area contributed by atoms with Gasteiger partial charge < -0.3 is 9.84 Å². The molecule has 3 unspecified atom stereocenters. The summed E-state index contributed by atoms with van der Waals surface area (Å²) in [6, 6.07) is 16.8. The van der Waals surface area contributed by atoms with Gasteiger partial charge in [0.15, 0.2) is 0 Å². The van der Waals surface area contributed by atoms with Crippen molar-refractivity contribution in [2.45, 2.75) is 45.2 Å². The third-order valence-electron chi connectivity index (χ3n) is 5.21. The van der Waals surface area contributed by atoms with Crippen LogP contribution in [0.2, 0.25) is 0 Å². The molecular weight excluding hydrogens is 371 g/mol. The molecule has 29 heavy (non-hydrogen) atoms. The molecule has 1 aliphatic heterocycles. The van der Waals surface area contributed by atoms with Crippen molar-refractivity contribution in [2.24, 2.45) is 5.92 Å². The Morgan fingerprint density at radius 1 is 1.21 bits per heavy atom. The highest BCUT2D eigenvalue weighted by Gasteiger charge is 2.36. The van der Waals surface area contributed by atoms with Crippen LogP contribution >= 0.6 is 0 Å². The minimum absolute atomic E-state index is 0.0329. The summed E-state index contributed by atoms with van der Waals surface area (Å²) in [5, 5.41) is 12.8. The number of nitrogens with one attached hydrogen (secondary N) is 1. The largest absolute Gasteiger partial charge is 0.492 e. The van der Waals surface area contributed by atoms with Gasteiger partial charge in [-0.05, 0) is 38.0 Å². The molecule has 0 saturated carbocycles. The third kappa shape index (κ3) is 5.78. The Hall–Kier alpha value is -2.44. The van der Waals surface area contributed by atoms with Gasteiger partial charge in [0.25, 0.3) is 0 Å². The molecule has 0 radical (unpaired) electrons. The standard InChI is InChI=1S/C23H29FN2O3/c1-16(2)25-22-12-18(15-29-21-11-7-6-10-19(21)23(27)28)20(24)14-26(22)13-17-8-4-3-5-9-17/h3-11,16,18,20,22,25H,12-15H2,1-2H3,(H,27,28). The van der Waals surface area contributed by atoms with Crippen LogP contribution in [0.1, 0.15) is 36.2 Å². The number of likely N-dealkylation sites (tertiary alicyclic amines) is 1. The van der Waals surface area contributed by atoms with Crippen molar-refractivity contribution in [2.75, 3.05) is 13.2 Å². The lowest BCUT2D eigenvalue weighted by molar-refractivity contribution is -0.00122. The zero-order chi connectivity index (χ0) is 20.8. The number of alkyl halides is 1. The van der Waals surface area contributed by atoms with Gasteiger partial charge in [-0.25, -0.2) is 9.18 Å². The number of carboxylic acids is 1. The van der Waals surface area contributed by atoms with Crippen molar-refractivity contribution < 1.29 is 19.0 Å². The first kappa shape index (κ1) is 21.3.